The third-order valence-electron chi connectivity index (χ3n) is 0.837. The lowest BCUT2D eigenvalue weighted by Crippen LogP contribution is -2.20. The van der Waals surface area contributed by atoms with Crippen LogP contribution in [0.5, 0.6) is 0 Å². The minimum atomic E-state index is -1.04. The van der Waals surface area contributed by atoms with E-state index in [1.54, 1.807) is 0 Å². The van der Waals surface area contributed by atoms with Crippen LogP contribution >= 0.6 is 35.8 Å². The summed E-state index contributed by atoms with van der Waals surface area (Å²) < 4.78 is 0. The van der Waals surface area contributed by atoms with E-state index in [4.69, 9.17) is 28.3 Å². The Labute approximate surface area is 79.8 Å². The number of carboxylic acid groups (broad SMARTS) is 1. The normalized spacial score (nSPS) is 14.2. The molecule has 0 fully saturated rings. The summed E-state index contributed by atoms with van der Waals surface area (Å²) in [5.41, 5.74) is 0. The molecule has 0 unspecified atom stereocenters. The molecular formula is C5H7Cl2NO2S. The smallest absolute Gasteiger partial charge is 0.329 e. The van der Waals surface area contributed by atoms with Crippen LogP contribution in [-0.4, -0.2) is 33.9 Å². The van der Waals surface area contributed by atoms with Crippen molar-refractivity contribution >= 4 is 48.0 Å². The summed E-state index contributed by atoms with van der Waals surface area (Å²) in [7, 11) is 0. The lowest BCUT2D eigenvalue weighted by molar-refractivity contribution is -0.137. The summed E-state index contributed by atoms with van der Waals surface area (Å²) in [5, 5.41) is 8.44. The zero-order valence-electron chi connectivity index (χ0n) is 5.44. The molecule has 0 radical (unpaired) electrons. The van der Waals surface area contributed by atoms with Gasteiger partial charge in [0, 0.05) is 12.0 Å². The number of carboxylic acids is 1. The van der Waals surface area contributed by atoms with Crippen molar-refractivity contribution in [1.29, 1.82) is 0 Å². The molecule has 0 amide bonds. The second kappa shape index (κ2) is 5.69. The van der Waals surface area contributed by atoms with Crippen molar-refractivity contribution < 1.29 is 9.90 Å². The molecule has 0 aliphatic carbocycles. The van der Waals surface area contributed by atoms with E-state index >= 15 is 0 Å². The van der Waals surface area contributed by atoms with Crippen molar-refractivity contribution in [2.24, 2.45) is 4.99 Å². The highest BCUT2D eigenvalue weighted by atomic mass is 35.5. The molecule has 0 saturated heterocycles. The van der Waals surface area contributed by atoms with Gasteiger partial charge in [-0.05, 0) is 0 Å². The number of hydrogen-bond donors (Lipinski definition) is 2. The number of hydrogen-bond acceptors (Lipinski definition) is 3. The maximum absolute atomic E-state index is 10.3. The van der Waals surface area contributed by atoms with Crippen LogP contribution < -0.4 is 0 Å². The van der Waals surface area contributed by atoms with E-state index in [0.717, 1.165) is 6.21 Å². The Hall–Kier alpha value is 0.0700. The summed E-state index contributed by atoms with van der Waals surface area (Å²) in [6.07, 6.45) is 1.16. The Morgan fingerprint density at radius 1 is 1.73 bits per heavy atom. The van der Waals surface area contributed by atoms with Crippen LogP contribution in [0.15, 0.2) is 4.99 Å². The summed E-state index contributed by atoms with van der Waals surface area (Å²) in [6, 6.07) is -0.863. The lowest BCUT2D eigenvalue weighted by Gasteiger charge is -2.01. The summed E-state index contributed by atoms with van der Waals surface area (Å²) in [4.78, 5) is 13.1. The van der Waals surface area contributed by atoms with Gasteiger partial charge in [0.1, 0.15) is 4.84 Å². The van der Waals surface area contributed by atoms with Gasteiger partial charge >= 0.3 is 5.97 Å². The van der Waals surface area contributed by atoms with Gasteiger partial charge in [0.05, 0.1) is 0 Å². The molecule has 0 rings (SSSR count). The van der Waals surface area contributed by atoms with Crippen molar-refractivity contribution in [2.75, 3.05) is 5.75 Å². The Morgan fingerprint density at radius 2 is 2.27 bits per heavy atom. The van der Waals surface area contributed by atoms with Crippen LogP contribution in [0.3, 0.4) is 0 Å². The molecular weight excluding hydrogens is 209 g/mol. The molecule has 0 spiro atoms. The van der Waals surface area contributed by atoms with Gasteiger partial charge in [-0.2, -0.15) is 12.6 Å². The average Bonchev–Trinajstić information content (AvgIpc) is 1.87. The molecule has 64 valence electrons. The first-order valence-electron chi connectivity index (χ1n) is 2.73. The van der Waals surface area contributed by atoms with E-state index in [-0.39, 0.29) is 5.75 Å². The fourth-order valence-electron chi connectivity index (χ4n) is 0.358. The summed E-state index contributed by atoms with van der Waals surface area (Å²) in [5.74, 6) is -0.906. The van der Waals surface area contributed by atoms with Crippen LogP contribution in [-0.2, 0) is 4.79 Å². The van der Waals surface area contributed by atoms with Crippen molar-refractivity contribution in [3.05, 3.63) is 0 Å². The number of carbonyl (C=O) groups is 1. The highest BCUT2D eigenvalue weighted by Crippen LogP contribution is 2.00. The number of nitrogens with zero attached hydrogens (tertiary/aromatic N) is 1. The number of alkyl halides is 2. The topological polar surface area (TPSA) is 49.7 Å². The Morgan fingerprint density at radius 3 is 2.55 bits per heavy atom. The van der Waals surface area contributed by atoms with E-state index in [1.165, 1.54) is 0 Å². The van der Waals surface area contributed by atoms with Crippen molar-refractivity contribution in [2.45, 2.75) is 10.9 Å². The van der Waals surface area contributed by atoms with E-state index in [0.29, 0.717) is 0 Å². The Kier molecular flexibility index (Phi) is 5.72. The van der Waals surface area contributed by atoms with Gasteiger partial charge in [-0.1, -0.05) is 23.2 Å². The fourth-order valence-corrected chi connectivity index (χ4v) is 0.739. The number of aliphatic imine (C=N–C) groups is 1. The predicted molar refractivity (Wildman–Crippen MR) is 49.3 cm³/mol. The molecule has 3 nitrogen and oxygen atoms in total. The minimum absolute atomic E-state index is 0.131. The van der Waals surface area contributed by atoms with E-state index < -0.39 is 16.8 Å². The molecule has 0 aromatic carbocycles. The largest absolute Gasteiger partial charge is 0.480 e. The quantitative estimate of drug-likeness (QED) is 0.422. The maximum Gasteiger partial charge on any atom is 0.329 e. The molecule has 0 aliphatic heterocycles. The molecule has 0 saturated carbocycles. The van der Waals surface area contributed by atoms with Gasteiger partial charge in [-0.15, -0.1) is 0 Å². The molecule has 0 bridgehead atoms. The number of rotatable bonds is 4. The van der Waals surface area contributed by atoms with Crippen LogP contribution in [0.4, 0.5) is 0 Å². The third kappa shape index (κ3) is 5.35. The monoisotopic (exact) mass is 215 g/mol. The van der Waals surface area contributed by atoms with Crippen molar-refractivity contribution in [3.63, 3.8) is 0 Å². The van der Waals surface area contributed by atoms with Crippen LogP contribution in [0.25, 0.3) is 0 Å². The molecule has 11 heavy (non-hydrogen) atoms. The molecule has 0 aliphatic rings. The molecule has 6 heteroatoms. The van der Waals surface area contributed by atoms with Crippen LogP contribution in [0.1, 0.15) is 0 Å². The number of thiol groups is 1. The highest BCUT2D eigenvalue weighted by molar-refractivity contribution is 7.80. The van der Waals surface area contributed by atoms with Crippen molar-refractivity contribution in [1.82, 2.24) is 0 Å². The fraction of sp³-hybridized carbons (Fsp3) is 0.600. The first kappa shape index (κ1) is 11.1. The second-order valence-electron chi connectivity index (χ2n) is 1.67. The summed E-state index contributed by atoms with van der Waals surface area (Å²) >= 11 is 14.3. The highest BCUT2D eigenvalue weighted by Gasteiger charge is 2.12. The molecule has 1 atom stereocenters. The average molecular weight is 216 g/mol. The molecule has 0 aromatic rings. The molecule has 0 heterocycles. The number of aliphatic carboxylic acids is 1. The first-order valence-corrected chi connectivity index (χ1v) is 4.23. The Bertz CT molecular complexity index is 163. The SMILES string of the molecule is O=C(O)[C@H](CS)N=CC(Cl)Cl. The number of halogens is 2. The second-order valence-corrected chi connectivity index (χ2v) is 3.20. The lowest BCUT2D eigenvalue weighted by atomic mass is 10.4. The zero-order valence-corrected chi connectivity index (χ0v) is 7.85. The van der Waals surface area contributed by atoms with Crippen molar-refractivity contribution in [3.8, 4) is 0 Å². The van der Waals surface area contributed by atoms with E-state index in [1.807, 2.05) is 0 Å². The van der Waals surface area contributed by atoms with Crippen LogP contribution in [0, 0.1) is 0 Å². The predicted octanol–water partition coefficient (Wildman–Crippen LogP) is 1.24. The Balaban J connectivity index is 3.97. The van der Waals surface area contributed by atoms with Gasteiger partial charge in [0.15, 0.2) is 6.04 Å². The summed E-state index contributed by atoms with van der Waals surface area (Å²) in [6.45, 7) is 0. The first-order chi connectivity index (χ1) is 5.07. The third-order valence-corrected chi connectivity index (χ3v) is 1.41. The standard InChI is InChI=1S/C5H7Cl2NO2S/c6-4(7)1-8-3(2-11)5(9)10/h1,3-4,11H,2H2,(H,9,10)/t3-/m0/s1. The van der Waals surface area contributed by atoms with E-state index in [2.05, 4.69) is 17.6 Å². The van der Waals surface area contributed by atoms with Gasteiger partial charge in [-0.3, -0.25) is 4.99 Å². The van der Waals surface area contributed by atoms with Gasteiger partial charge in [-0.25, -0.2) is 4.79 Å². The van der Waals surface area contributed by atoms with Crippen LogP contribution in [0.2, 0.25) is 0 Å². The molecule has 1 N–H and O–H groups in total. The van der Waals surface area contributed by atoms with Gasteiger partial charge in [0.25, 0.3) is 0 Å². The van der Waals surface area contributed by atoms with E-state index in [9.17, 15) is 4.79 Å². The van der Waals surface area contributed by atoms with Gasteiger partial charge < -0.3 is 5.11 Å². The maximum atomic E-state index is 10.3. The minimum Gasteiger partial charge on any atom is -0.480 e. The van der Waals surface area contributed by atoms with Gasteiger partial charge in [0.2, 0.25) is 0 Å². The molecule has 0 aromatic heterocycles. The zero-order chi connectivity index (χ0) is 8.85.